The summed E-state index contributed by atoms with van der Waals surface area (Å²) in [5, 5.41) is 3.22. The minimum Gasteiger partial charge on any atom is -0.380 e. The third-order valence-corrected chi connectivity index (χ3v) is 2.71. The van der Waals surface area contributed by atoms with Gasteiger partial charge in [0.15, 0.2) is 0 Å². The predicted octanol–water partition coefficient (Wildman–Crippen LogP) is 0.623. The molecule has 0 saturated carbocycles. The summed E-state index contributed by atoms with van der Waals surface area (Å²) in [6.45, 7) is 5.32. The maximum Gasteiger partial charge on any atom is 0.239 e. The zero-order chi connectivity index (χ0) is 11.1. The molecule has 1 saturated heterocycles. The number of amides is 1. The number of carbonyl (C=O) groups is 1. The van der Waals surface area contributed by atoms with Gasteiger partial charge in [-0.05, 0) is 12.8 Å². The van der Waals surface area contributed by atoms with Crippen LogP contribution in [0.3, 0.4) is 0 Å². The van der Waals surface area contributed by atoms with Crippen molar-refractivity contribution in [3.8, 4) is 0 Å². The van der Waals surface area contributed by atoms with Gasteiger partial charge in [0.2, 0.25) is 5.91 Å². The molecule has 0 aromatic rings. The Bertz CT molecular complexity index is 197. The molecule has 0 aromatic heterocycles. The van der Waals surface area contributed by atoms with Crippen LogP contribution in [0.15, 0.2) is 0 Å². The van der Waals surface area contributed by atoms with E-state index in [-0.39, 0.29) is 11.9 Å². The Hall–Kier alpha value is -0.610. The highest BCUT2D eigenvalue weighted by Crippen LogP contribution is 2.07. The lowest BCUT2D eigenvalue weighted by molar-refractivity contribution is -0.128. The third-order valence-electron chi connectivity index (χ3n) is 2.71. The van der Waals surface area contributed by atoms with Crippen molar-refractivity contribution in [1.29, 1.82) is 0 Å². The van der Waals surface area contributed by atoms with Gasteiger partial charge in [-0.2, -0.15) is 0 Å². The number of unbranched alkanes of at least 4 members (excludes halogenated alkanes) is 1. The molecule has 1 rings (SSSR count). The van der Waals surface area contributed by atoms with E-state index in [4.69, 9.17) is 4.74 Å². The molecule has 1 fully saturated rings. The summed E-state index contributed by atoms with van der Waals surface area (Å²) in [6.07, 6.45) is 3.20. The number of likely N-dealkylation sites (N-methyl/N-ethyl adjacent to an activating group) is 1. The molecule has 1 aliphatic rings. The highest BCUT2D eigenvalue weighted by Gasteiger charge is 2.27. The minimum atomic E-state index is 0.0183. The van der Waals surface area contributed by atoms with Crippen molar-refractivity contribution >= 4 is 5.91 Å². The molecule has 4 heteroatoms. The first-order valence-corrected chi connectivity index (χ1v) is 5.81. The molecule has 1 amide bonds. The highest BCUT2D eigenvalue weighted by atomic mass is 16.5. The topological polar surface area (TPSA) is 41.6 Å². The van der Waals surface area contributed by atoms with E-state index in [0.29, 0.717) is 6.61 Å². The van der Waals surface area contributed by atoms with Crippen LogP contribution < -0.4 is 5.32 Å². The molecule has 0 radical (unpaired) electrons. The van der Waals surface area contributed by atoms with E-state index >= 15 is 0 Å². The summed E-state index contributed by atoms with van der Waals surface area (Å²) in [5.41, 5.74) is 0. The number of hydrogen-bond donors (Lipinski definition) is 1. The lowest BCUT2D eigenvalue weighted by atomic mass is 10.2. The van der Waals surface area contributed by atoms with Crippen molar-refractivity contribution in [2.24, 2.45) is 0 Å². The van der Waals surface area contributed by atoms with E-state index < -0.39 is 0 Å². The number of ether oxygens (including phenoxy) is 1. The van der Waals surface area contributed by atoms with Gasteiger partial charge in [0.1, 0.15) is 0 Å². The van der Waals surface area contributed by atoms with Crippen LogP contribution in [0.25, 0.3) is 0 Å². The van der Waals surface area contributed by atoms with Crippen LogP contribution in [0.1, 0.15) is 26.2 Å². The first kappa shape index (κ1) is 12.5. The molecule has 4 nitrogen and oxygen atoms in total. The Morgan fingerprint density at radius 2 is 2.33 bits per heavy atom. The maximum atomic E-state index is 11.5. The van der Waals surface area contributed by atoms with Crippen molar-refractivity contribution in [1.82, 2.24) is 10.2 Å². The van der Waals surface area contributed by atoms with Crippen molar-refractivity contribution in [2.45, 2.75) is 32.2 Å². The number of nitrogens with one attached hydrogen (secondary N) is 1. The second-order valence-electron chi connectivity index (χ2n) is 4.02. The molecule has 1 unspecified atom stereocenters. The van der Waals surface area contributed by atoms with Crippen LogP contribution in [-0.2, 0) is 9.53 Å². The second kappa shape index (κ2) is 6.80. The number of rotatable bonds is 7. The molecule has 15 heavy (non-hydrogen) atoms. The van der Waals surface area contributed by atoms with Gasteiger partial charge >= 0.3 is 0 Å². The standard InChI is InChI=1S/C11H22N2O2/c1-3-4-8-15-9-6-12-10-5-7-13(2)11(10)14/h10,12H,3-9H2,1-2H3. The molecule has 0 spiro atoms. The van der Waals surface area contributed by atoms with Crippen molar-refractivity contribution < 1.29 is 9.53 Å². The fourth-order valence-corrected chi connectivity index (χ4v) is 1.67. The molecule has 1 aliphatic heterocycles. The van der Waals surface area contributed by atoms with Gasteiger partial charge in [0.05, 0.1) is 12.6 Å². The quantitative estimate of drug-likeness (QED) is 0.632. The third kappa shape index (κ3) is 4.18. The fraction of sp³-hybridized carbons (Fsp3) is 0.909. The Balaban J connectivity index is 1.98. The van der Waals surface area contributed by atoms with Crippen LogP contribution in [0.5, 0.6) is 0 Å². The Kier molecular flexibility index (Phi) is 5.65. The zero-order valence-electron chi connectivity index (χ0n) is 9.79. The molecule has 0 aliphatic carbocycles. The molecule has 0 aromatic carbocycles. The molecular formula is C11H22N2O2. The Morgan fingerprint density at radius 1 is 1.53 bits per heavy atom. The van der Waals surface area contributed by atoms with Gasteiger partial charge < -0.3 is 15.0 Å². The van der Waals surface area contributed by atoms with Gasteiger partial charge in [-0.1, -0.05) is 13.3 Å². The number of hydrogen-bond acceptors (Lipinski definition) is 3. The van der Waals surface area contributed by atoms with Crippen LogP contribution in [0, 0.1) is 0 Å². The Labute approximate surface area is 92.0 Å². The summed E-state index contributed by atoms with van der Waals surface area (Å²) < 4.78 is 5.41. The van der Waals surface area contributed by atoms with Gasteiger partial charge in [-0.15, -0.1) is 0 Å². The fourth-order valence-electron chi connectivity index (χ4n) is 1.67. The number of nitrogens with zero attached hydrogens (tertiary/aromatic N) is 1. The van der Waals surface area contributed by atoms with Gasteiger partial charge in [-0.25, -0.2) is 0 Å². The van der Waals surface area contributed by atoms with E-state index in [0.717, 1.165) is 32.5 Å². The Morgan fingerprint density at radius 3 is 2.93 bits per heavy atom. The summed E-state index contributed by atoms with van der Waals surface area (Å²) in [5.74, 6) is 0.212. The minimum absolute atomic E-state index is 0.0183. The summed E-state index contributed by atoms with van der Waals surface area (Å²) in [7, 11) is 1.85. The highest BCUT2D eigenvalue weighted by molar-refractivity contribution is 5.83. The second-order valence-corrected chi connectivity index (χ2v) is 4.02. The van der Waals surface area contributed by atoms with Crippen LogP contribution in [0.4, 0.5) is 0 Å². The number of likely N-dealkylation sites (tertiary alicyclic amines) is 1. The SMILES string of the molecule is CCCCOCCNC1CCN(C)C1=O. The van der Waals surface area contributed by atoms with E-state index in [1.807, 2.05) is 7.05 Å². The van der Waals surface area contributed by atoms with Gasteiger partial charge in [0, 0.05) is 26.7 Å². The molecular weight excluding hydrogens is 192 g/mol. The van der Waals surface area contributed by atoms with E-state index in [1.54, 1.807) is 4.90 Å². The average molecular weight is 214 g/mol. The summed E-state index contributed by atoms with van der Waals surface area (Å²) in [4.78, 5) is 13.3. The first-order chi connectivity index (χ1) is 7.25. The number of carbonyl (C=O) groups excluding carboxylic acids is 1. The normalized spacial score (nSPS) is 21.3. The first-order valence-electron chi connectivity index (χ1n) is 5.81. The van der Waals surface area contributed by atoms with Crippen LogP contribution >= 0.6 is 0 Å². The maximum absolute atomic E-state index is 11.5. The zero-order valence-corrected chi connectivity index (χ0v) is 9.79. The molecule has 88 valence electrons. The van der Waals surface area contributed by atoms with Gasteiger partial charge in [0.25, 0.3) is 0 Å². The lowest BCUT2D eigenvalue weighted by Crippen LogP contribution is -2.38. The molecule has 1 atom stereocenters. The van der Waals surface area contributed by atoms with E-state index in [1.165, 1.54) is 6.42 Å². The molecule has 1 heterocycles. The average Bonchev–Trinajstić information content (AvgIpc) is 2.54. The molecule has 0 bridgehead atoms. The van der Waals surface area contributed by atoms with Gasteiger partial charge in [-0.3, -0.25) is 4.79 Å². The monoisotopic (exact) mass is 214 g/mol. The van der Waals surface area contributed by atoms with E-state index in [2.05, 4.69) is 12.2 Å². The van der Waals surface area contributed by atoms with Crippen LogP contribution in [0.2, 0.25) is 0 Å². The predicted molar refractivity (Wildman–Crippen MR) is 59.8 cm³/mol. The van der Waals surface area contributed by atoms with Crippen molar-refractivity contribution in [3.63, 3.8) is 0 Å². The summed E-state index contributed by atoms with van der Waals surface area (Å²) in [6, 6.07) is 0.0183. The smallest absolute Gasteiger partial charge is 0.239 e. The van der Waals surface area contributed by atoms with Crippen molar-refractivity contribution in [2.75, 3.05) is 33.4 Å². The largest absolute Gasteiger partial charge is 0.380 e. The van der Waals surface area contributed by atoms with Crippen molar-refractivity contribution in [3.05, 3.63) is 0 Å². The van der Waals surface area contributed by atoms with Crippen LogP contribution in [-0.4, -0.2) is 50.2 Å². The summed E-state index contributed by atoms with van der Waals surface area (Å²) >= 11 is 0. The lowest BCUT2D eigenvalue weighted by Gasteiger charge is -2.12. The molecule has 1 N–H and O–H groups in total. The van der Waals surface area contributed by atoms with E-state index in [9.17, 15) is 4.79 Å².